The molecule has 0 aromatic heterocycles. The monoisotopic (exact) mass is 443 g/mol. The zero-order valence-electron chi connectivity index (χ0n) is 18.3. The van der Waals surface area contributed by atoms with Crippen LogP contribution in [0.4, 0.5) is 16.2 Å². The number of nitro groups is 1. The van der Waals surface area contributed by atoms with Crippen LogP contribution >= 0.6 is 0 Å². The molecular weight excluding hydrogens is 414 g/mol. The highest BCUT2D eigenvalue weighted by Crippen LogP contribution is 2.36. The standard InChI is InChI=1S/C22H29N5O5/c1-15-8-10-22(11-9-15)20(29)26(21(30)23-22)24-19(28)16-6-7-17(18(14-16)27(31)32)25-12-4-2-3-5-13-25/h6-7,14-15H,2-5,8-13H2,1H3,(H,23,30)(H,24,28). The number of nitrogens with one attached hydrogen (secondary N) is 2. The molecule has 1 saturated carbocycles. The van der Waals surface area contributed by atoms with Gasteiger partial charge in [-0.05, 0) is 56.6 Å². The number of imide groups is 1. The number of hydrogen-bond acceptors (Lipinski definition) is 6. The molecule has 2 aliphatic heterocycles. The third kappa shape index (κ3) is 4.13. The second-order valence-corrected chi connectivity index (χ2v) is 9.14. The summed E-state index contributed by atoms with van der Waals surface area (Å²) in [7, 11) is 0. The SMILES string of the molecule is CC1CCC2(CC1)NC(=O)N(NC(=O)c1ccc(N3CCCCCC3)c([N+](=O)[O-])c1)C2=O. The molecule has 3 aliphatic rings. The lowest BCUT2D eigenvalue weighted by Gasteiger charge is -2.33. The van der Waals surface area contributed by atoms with Crippen molar-refractivity contribution >= 4 is 29.2 Å². The molecule has 0 radical (unpaired) electrons. The van der Waals surface area contributed by atoms with Crippen molar-refractivity contribution in [1.29, 1.82) is 0 Å². The summed E-state index contributed by atoms with van der Waals surface area (Å²) in [6.07, 6.45) is 6.81. The Labute approximate surface area is 186 Å². The molecule has 4 amide bonds. The average molecular weight is 444 g/mol. The number of benzene rings is 1. The van der Waals surface area contributed by atoms with Gasteiger partial charge in [0.05, 0.1) is 4.92 Å². The summed E-state index contributed by atoms with van der Waals surface area (Å²) in [5.74, 6) is -0.726. The maximum absolute atomic E-state index is 12.9. The highest BCUT2D eigenvalue weighted by Gasteiger charge is 2.53. The van der Waals surface area contributed by atoms with Crippen molar-refractivity contribution < 1.29 is 19.3 Å². The molecular formula is C22H29N5O5. The summed E-state index contributed by atoms with van der Waals surface area (Å²) >= 11 is 0. The lowest BCUT2D eigenvalue weighted by Crippen LogP contribution is -2.51. The second-order valence-electron chi connectivity index (χ2n) is 9.14. The molecule has 4 rings (SSSR count). The summed E-state index contributed by atoms with van der Waals surface area (Å²) < 4.78 is 0. The molecule has 2 N–H and O–H groups in total. The van der Waals surface area contributed by atoms with Crippen molar-refractivity contribution in [2.24, 2.45) is 5.92 Å². The molecule has 1 aliphatic carbocycles. The third-order valence-electron chi connectivity index (χ3n) is 6.88. The molecule has 10 nitrogen and oxygen atoms in total. The number of anilines is 1. The lowest BCUT2D eigenvalue weighted by molar-refractivity contribution is -0.384. The van der Waals surface area contributed by atoms with Crippen molar-refractivity contribution in [3.63, 3.8) is 0 Å². The van der Waals surface area contributed by atoms with Crippen LogP contribution in [0, 0.1) is 16.0 Å². The molecule has 32 heavy (non-hydrogen) atoms. The van der Waals surface area contributed by atoms with Crippen LogP contribution in [0.3, 0.4) is 0 Å². The summed E-state index contributed by atoms with van der Waals surface area (Å²) in [4.78, 5) is 51.4. The highest BCUT2D eigenvalue weighted by molar-refractivity contribution is 6.09. The number of rotatable bonds is 4. The minimum absolute atomic E-state index is 0.0223. The Hall–Kier alpha value is -3.17. The van der Waals surface area contributed by atoms with E-state index in [9.17, 15) is 24.5 Å². The van der Waals surface area contributed by atoms with E-state index in [-0.39, 0.29) is 11.3 Å². The van der Waals surface area contributed by atoms with Crippen LogP contribution in [0.2, 0.25) is 0 Å². The quantitative estimate of drug-likeness (QED) is 0.418. The van der Waals surface area contributed by atoms with E-state index in [1.54, 1.807) is 6.07 Å². The minimum atomic E-state index is -0.973. The number of hydrogen-bond donors (Lipinski definition) is 2. The maximum atomic E-state index is 12.9. The van der Waals surface area contributed by atoms with Crippen molar-refractivity contribution in [1.82, 2.24) is 15.8 Å². The topological polar surface area (TPSA) is 125 Å². The average Bonchev–Trinajstić information content (AvgIpc) is 2.97. The number of urea groups is 1. The van der Waals surface area contributed by atoms with Gasteiger partial charge >= 0.3 is 6.03 Å². The second kappa shape index (κ2) is 8.76. The Bertz CT molecular complexity index is 933. The number of carbonyl (C=O) groups excluding carboxylic acids is 3. The Morgan fingerprint density at radius 1 is 1.16 bits per heavy atom. The van der Waals surface area contributed by atoms with Gasteiger partial charge in [0.25, 0.3) is 17.5 Å². The normalized spacial score (nSPS) is 26.1. The van der Waals surface area contributed by atoms with Gasteiger partial charge in [0.1, 0.15) is 11.2 Å². The smallest absolute Gasteiger partial charge is 0.344 e. The molecule has 2 heterocycles. The molecule has 10 heteroatoms. The fourth-order valence-electron chi connectivity index (χ4n) is 4.87. The first-order chi connectivity index (χ1) is 15.3. The van der Waals surface area contributed by atoms with Crippen LogP contribution in [0.15, 0.2) is 18.2 Å². The molecule has 172 valence electrons. The minimum Gasteiger partial charge on any atom is -0.366 e. The first-order valence-electron chi connectivity index (χ1n) is 11.3. The number of hydrazine groups is 1. The van der Waals surface area contributed by atoms with Crippen LogP contribution in [0.25, 0.3) is 0 Å². The van der Waals surface area contributed by atoms with Gasteiger partial charge in [0, 0.05) is 24.7 Å². The van der Waals surface area contributed by atoms with E-state index in [0.717, 1.165) is 51.6 Å². The summed E-state index contributed by atoms with van der Waals surface area (Å²) in [6, 6.07) is 3.62. The zero-order chi connectivity index (χ0) is 22.9. The fraction of sp³-hybridized carbons (Fsp3) is 0.591. The predicted octanol–water partition coefficient (Wildman–Crippen LogP) is 3.12. The molecule has 1 aromatic carbocycles. The van der Waals surface area contributed by atoms with Gasteiger partial charge < -0.3 is 10.2 Å². The van der Waals surface area contributed by atoms with Crippen molar-refractivity contribution in [3.8, 4) is 0 Å². The largest absolute Gasteiger partial charge is 0.366 e. The highest BCUT2D eigenvalue weighted by atomic mass is 16.6. The van der Waals surface area contributed by atoms with Crippen LogP contribution in [0.1, 0.15) is 68.6 Å². The van der Waals surface area contributed by atoms with E-state index in [1.165, 1.54) is 12.1 Å². The number of amides is 4. The van der Waals surface area contributed by atoms with E-state index in [1.807, 2.05) is 4.90 Å². The van der Waals surface area contributed by atoms with Gasteiger partial charge in [-0.25, -0.2) is 4.79 Å². The molecule has 3 fully saturated rings. The summed E-state index contributed by atoms with van der Waals surface area (Å²) in [5.41, 5.74) is 1.73. The molecule has 0 atom stereocenters. The van der Waals surface area contributed by atoms with Crippen LogP contribution in [0.5, 0.6) is 0 Å². The van der Waals surface area contributed by atoms with Gasteiger partial charge in [-0.2, -0.15) is 5.01 Å². The van der Waals surface area contributed by atoms with Gasteiger partial charge in [-0.3, -0.25) is 25.1 Å². The number of nitro benzene ring substituents is 1. The lowest BCUT2D eigenvalue weighted by atomic mass is 9.77. The van der Waals surface area contributed by atoms with Crippen molar-refractivity contribution in [2.75, 3.05) is 18.0 Å². The predicted molar refractivity (Wildman–Crippen MR) is 117 cm³/mol. The molecule has 1 spiro atoms. The van der Waals surface area contributed by atoms with Gasteiger partial charge in [-0.1, -0.05) is 19.8 Å². The van der Waals surface area contributed by atoms with E-state index < -0.39 is 28.3 Å². The molecule has 0 bridgehead atoms. The maximum Gasteiger partial charge on any atom is 0.344 e. The zero-order valence-corrected chi connectivity index (χ0v) is 18.3. The summed E-state index contributed by atoms with van der Waals surface area (Å²) in [6.45, 7) is 3.57. The van der Waals surface area contributed by atoms with Gasteiger partial charge in [0.15, 0.2) is 0 Å². The van der Waals surface area contributed by atoms with Crippen molar-refractivity contribution in [2.45, 2.75) is 63.8 Å². The molecule has 0 unspecified atom stereocenters. The van der Waals surface area contributed by atoms with Crippen LogP contribution < -0.4 is 15.6 Å². The Morgan fingerprint density at radius 3 is 2.44 bits per heavy atom. The Morgan fingerprint density at radius 2 is 1.81 bits per heavy atom. The van der Waals surface area contributed by atoms with Gasteiger partial charge in [0.2, 0.25) is 0 Å². The first kappa shape index (κ1) is 22.0. The van der Waals surface area contributed by atoms with E-state index >= 15 is 0 Å². The molecule has 2 saturated heterocycles. The first-order valence-corrected chi connectivity index (χ1v) is 11.3. The van der Waals surface area contributed by atoms with E-state index in [4.69, 9.17) is 0 Å². The van der Waals surface area contributed by atoms with Crippen LogP contribution in [-0.2, 0) is 4.79 Å². The van der Waals surface area contributed by atoms with Gasteiger partial charge in [-0.15, -0.1) is 0 Å². The Balaban J connectivity index is 1.52. The fourth-order valence-corrected chi connectivity index (χ4v) is 4.87. The van der Waals surface area contributed by atoms with Crippen LogP contribution in [-0.4, -0.2) is 46.4 Å². The Kier molecular flexibility index (Phi) is 6.03. The van der Waals surface area contributed by atoms with E-state index in [0.29, 0.717) is 29.5 Å². The number of nitrogens with zero attached hydrogens (tertiary/aromatic N) is 3. The molecule has 1 aromatic rings. The van der Waals surface area contributed by atoms with Crippen molar-refractivity contribution in [3.05, 3.63) is 33.9 Å². The van der Waals surface area contributed by atoms with E-state index in [2.05, 4.69) is 17.7 Å². The third-order valence-corrected chi connectivity index (χ3v) is 6.88. The number of carbonyl (C=O) groups is 3. The summed E-state index contributed by atoms with van der Waals surface area (Å²) in [5, 5.41) is 15.2.